The summed E-state index contributed by atoms with van der Waals surface area (Å²) in [5.74, 6) is -0.0573. The van der Waals surface area contributed by atoms with Gasteiger partial charge in [0.2, 0.25) is 10.0 Å². The lowest BCUT2D eigenvalue weighted by Crippen LogP contribution is -2.39. The summed E-state index contributed by atoms with van der Waals surface area (Å²) >= 11 is 0. The molecule has 0 radical (unpaired) electrons. The number of sulfonamides is 1. The van der Waals surface area contributed by atoms with Gasteiger partial charge < -0.3 is 9.84 Å². The highest BCUT2D eigenvalue weighted by molar-refractivity contribution is 7.88. The van der Waals surface area contributed by atoms with Crippen molar-refractivity contribution in [2.45, 2.75) is 31.2 Å². The Bertz CT molecular complexity index is 509. The molecule has 0 atom stereocenters. The molecule has 5 nitrogen and oxygen atoms in total. The zero-order chi connectivity index (χ0) is 13.7. The first-order valence-corrected chi connectivity index (χ1v) is 8.01. The quantitative estimate of drug-likeness (QED) is 0.838. The van der Waals surface area contributed by atoms with E-state index < -0.39 is 10.0 Å². The van der Waals surface area contributed by atoms with E-state index in [1.165, 1.54) is 0 Å². The van der Waals surface area contributed by atoms with Crippen molar-refractivity contribution in [1.29, 1.82) is 0 Å². The van der Waals surface area contributed by atoms with E-state index in [4.69, 9.17) is 9.84 Å². The maximum atomic E-state index is 12.1. The monoisotopic (exact) mass is 285 g/mol. The topological polar surface area (TPSA) is 75.6 Å². The van der Waals surface area contributed by atoms with Crippen LogP contribution in [0.1, 0.15) is 24.0 Å². The standard InChI is InChI=1S/C13H19NO4S/c15-9-11-2-1-3-12(8-11)10-19(16,17)14-13-4-6-18-7-5-13/h1-3,8,13-15H,4-7,9-10H2. The highest BCUT2D eigenvalue weighted by atomic mass is 32.2. The molecular formula is C13H19NO4S. The lowest BCUT2D eigenvalue weighted by molar-refractivity contribution is 0.0832. The van der Waals surface area contributed by atoms with Crippen LogP contribution in [0.5, 0.6) is 0 Å². The number of nitrogens with one attached hydrogen (secondary N) is 1. The first-order chi connectivity index (χ1) is 9.09. The molecule has 1 aromatic carbocycles. The van der Waals surface area contributed by atoms with E-state index in [2.05, 4.69) is 4.72 Å². The van der Waals surface area contributed by atoms with Gasteiger partial charge in [-0.3, -0.25) is 0 Å². The number of benzene rings is 1. The van der Waals surface area contributed by atoms with Gasteiger partial charge in [0.15, 0.2) is 0 Å². The highest BCUT2D eigenvalue weighted by Crippen LogP contribution is 2.12. The molecule has 106 valence electrons. The molecule has 1 fully saturated rings. The third-order valence-corrected chi connectivity index (χ3v) is 4.50. The van der Waals surface area contributed by atoms with Crippen LogP contribution in [0.15, 0.2) is 24.3 Å². The maximum Gasteiger partial charge on any atom is 0.216 e. The number of aliphatic hydroxyl groups excluding tert-OH is 1. The number of ether oxygens (including phenoxy) is 1. The summed E-state index contributed by atoms with van der Waals surface area (Å²) in [4.78, 5) is 0. The smallest absolute Gasteiger partial charge is 0.216 e. The molecule has 1 saturated heterocycles. The van der Waals surface area contributed by atoms with Gasteiger partial charge in [0.05, 0.1) is 12.4 Å². The molecule has 0 bridgehead atoms. The highest BCUT2D eigenvalue weighted by Gasteiger charge is 2.20. The van der Waals surface area contributed by atoms with Crippen LogP contribution in [0.25, 0.3) is 0 Å². The van der Waals surface area contributed by atoms with Crippen LogP contribution < -0.4 is 4.72 Å². The molecule has 19 heavy (non-hydrogen) atoms. The van der Waals surface area contributed by atoms with Crippen LogP contribution in [0.2, 0.25) is 0 Å². The summed E-state index contributed by atoms with van der Waals surface area (Å²) in [7, 11) is -3.35. The first-order valence-electron chi connectivity index (χ1n) is 6.35. The number of aliphatic hydroxyl groups is 1. The second-order valence-electron chi connectivity index (χ2n) is 4.74. The number of hydrogen-bond acceptors (Lipinski definition) is 4. The molecule has 1 aliphatic rings. The summed E-state index contributed by atoms with van der Waals surface area (Å²) in [5.41, 5.74) is 1.41. The molecule has 0 amide bonds. The SMILES string of the molecule is O=S(=O)(Cc1cccc(CO)c1)NC1CCOCC1. The molecule has 0 spiro atoms. The Morgan fingerprint density at radius 1 is 1.26 bits per heavy atom. The fourth-order valence-electron chi connectivity index (χ4n) is 2.15. The van der Waals surface area contributed by atoms with Gasteiger partial charge in [0.25, 0.3) is 0 Å². The van der Waals surface area contributed by atoms with Crippen molar-refractivity contribution in [3.05, 3.63) is 35.4 Å². The minimum atomic E-state index is -3.35. The Kier molecular flexibility index (Phi) is 4.93. The Morgan fingerprint density at radius 3 is 2.63 bits per heavy atom. The molecular weight excluding hydrogens is 266 g/mol. The average molecular weight is 285 g/mol. The number of hydrogen-bond donors (Lipinski definition) is 2. The summed E-state index contributed by atoms with van der Waals surface area (Å²) < 4.78 is 32.0. The molecule has 6 heteroatoms. The van der Waals surface area contributed by atoms with Gasteiger partial charge >= 0.3 is 0 Å². The Hall–Kier alpha value is -0.950. The van der Waals surface area contributed by atoms with Crippen LogP contribution in [-0.2, 0) is 27.1 Å². The van der Waals surface area contributed by atoms with E-state index in [9.17, 15) is 8.42 Å². The third-order valence-electron chi connectivity index (χ3n) is 3.10. The second kappa shape index (κ2) is 6.47. The molecule has 2 N–H and O–H groups in total. The van der Waals surface area contributed by atoms with E-state index in [0.29, 0.717) is 18.8 Å². The minimum absolute atomic E-state index is 0.0280. The Morgan fingerprint density at radius 2 is 1.95 bits per heavy atom. The van der Waals surface area contributed by atoms with Gasteiger partial charge in [-0.25, -0.2) is 13.1 Å². The normalized spacial score (nSPS) is 17.5. The molecule has 1 aliphatic heterocycles. The Labute approximate surface area is 113 Å². The lowest BCUT2D eigenvalue weighted by atomic mass is 10.1. The molecule has 0 aromatic heterocycles. The van der Waals surface area contributed by atoms with Crippen molar-refractivity contribution < 1.29 is 18.3 Å². The van der Waals surface area contributed by atoms with E-state index in [1.807, 2.05) is 0 Å². The fraction of sp³-hybridized carbons (Fsp3) is 0.538. The minimum Gasteiger partial charge on any atom is -0.392 e. The van der Waals surface area contributed by atoms with Gasteiger partial charge in [0.1, 0.15) is 0 Å². The van der Waals surface area contributed by atoms with Crippen LogP contribution >= 0.6 is 0 Å². The van der Waals surface area contributed by atoms with E-state index in [1.54, 1.807) is 24.3 Å². The summed E-state index contributed by atoms with van der Waals surface area (Å²) in [5, 5.41) is 9.04. The van der Waals surface area contributed by atoms with E-state index in [-0.39, 0.29) is 18.4 Å². The van der Waals surface area contributed by atoms with Crippen LogP contribution in [-0.4, -0.2) is 32.8 Å². The molecule has 0 unspecified atom stereocenters. The van der Waals surface area contributed by atoms with Gasteiger partial charge in [0, 0.05) is 19.3 Å². The largest absolute Gasteiger partial charge is 0.392 e. The fourth-order valence-corrected chi connectivity index (χ4v) is 3.59. The third kappa shape index (κ3) is 4.58. The predicted octanol–water partition coefficient (Wildman–Crippen LogP) is 0.777. The molecule has 0 aliphatic carbocycles. The second-order valence-corrected chi connectivity index (χ2v) is 6.50. The summed E-state index contributed by atoms with van der Waals surface area (Å²) in [6.45, 7) is 1.13. The van der Waals surface area contributed by atoms with E-state index in [0.717, 1.165) is 18.4 Å². The van der Waals surface area contributed by atoms with Gasteiger partial charge in [-0.1, -0.05) is 24.3 Å². The van der Waals surface area contributed by atoms with Gasteiger partial charge in [-0.2, -0.15) is 0 Å². The van der Waals surface area contributed by atoms with Crippen LogP contribution in [0.3, 0.4) is 0 Å². The predicted molar refractivity (Wildman–Crippen MR) is 72.0 cm³/mol. The zero-order valence-corrected chi connectivity index (χ0v) is 11.5. The molecule has 1 heterocycles. The first kappa shape index (κ1) is 14.5. The zero-order valence-electron chi connectivity index (χ0n) is 10.7. The average Bonchev–Trinajstić information content (AvgIpc) is 2.39. The van der Waals surface area contributed by atoms with Crippen molar-refractivity contribution in [2.75, 3.05) is 13.2 Å². The summed E-state index contributed by atoms with van der Waals surface area (Å²) in [6, 6.07) is 6.96. The van der Waals surface area contributed by atoms with Crippen molar-refractivity contribution in [3.8, 4) is 0 Å². The Balaban J connectivity index is 1.99. The molecule has 2 rings (SSSR count). The summed E-state index contributed by atoms with van der Waals surface area (Å²) in [6.07, 6.45) is 1.44. The van der Waals surface area contributed by atoms with Crippen molar-refractivity contribution >= 4 is 10.0 Å². The number of rotatable bonds is 5. The van der Waals surface area contributed by atoms with Crippen LogP contribution in [0.4, 0.5) is 0 Å². The van der Waals surface area contributed by atoms with Crippen molar-refractivity contribution in [2.24, 2.45) is 0 Å². The van der Waals surface area contributed by atoms with Gasteiger partial charge in [-0.05, 0) is 24.0 Å². The van der Waals surface area contributed by atoms with E-state index >= 15 is 0 Å². The molecule has 1 aromatic rings. The van der Waals surface area contributed by atoms with Crippen molar-refractivity contribution in [3.63, 3.8) is 0 Å². The molecule has 0 saturated carbocycles. The van der Waals surface area contributed by atoms with Crippen LogP contribution in [0, 0.1) is 0 Å². The maximum absolute atomic E-state index is 12.1. The lowest BCUT2D eigenvalue weighted by Gasteiger charge is -2.23. The van der Waals surface area contributed by atoms with Gasteiger partial charge in [-0.15, -0.1) is 0 Å². The van der Waals surface area contributed by atoms with Crippen molar-refractivity contribution in [1.82, 2.24) is 4.72 Å².